The molecule has 2 amide bonds. The lowest BCUT2D eigenvalue weighted by molar-refractivity contribution is -0.138. The van der Waals surface area contributed by atoms with E-state index in [1.807, 2.05) is 13.8 Å². The zero-order valence-electron chi connectivity index (χ0n) is 12.3. The minimum Gasteiger partial charge on any atom is -0.299 e. The molecule has 0 aliphatic carbocycles. The third kappa shape index (κ3) is 2.90. The number of likely N-dealkylation sites (N-methyl/N-ethyl adjacent to an activating group) is 1. The Morgan fingerprint density at radius 2 is 1.90 bits per heavy atom. The molecule has 1 N–H and O–H groups in total. The summed E-state index contributed by atoms with van der Waals surface area (Å²) in [7, 11) is 0. The summed E-state index contributed by atoms with van der Waals surface area (Å²) in [5, 5.41) is 3.27. The number of aryl methyl sites for hydroxylation is 1. The molecule has 0 spiro atoms. The Morgan fingerprint density at radius 3 is 2.40 bits per heavy atom. The van der Waals surface area contributed by atoms with Crippen molar-refractivity contribution in [2.75, 3.05) is 6.54 Å². The number of hydrogen-bond donors (Lipinski definition) is 1. The smallest absolute Gasteiger partial charge is 0.246 e. The summed E-state index contributed by atoms with van der Waals surface area (Å²) in [6, 6.07) is 8.04. The fourth-order valence-electron chi connectivity index (χ4n) is 2.59. The quantitative estimate of drug-likeness (QED) is 0.836. The summed E-state index contributed by atoms with van der Waals surface area (Å²) in [5.74, 6) is -0.182. The molecular weight excluding hydrogens is 252 g/mol. The van der Waals surface area contributed by atoms with Gasteiger partial charge in [-0.1, -0.05) is 31.2 Å². The Kier molecular flexibility index (Phi) is 4.55. The minimum atomic E-state index is -0.386. The molecule has 1 aliphatic heterocycles. The summed E-state index contributed by atoms with van der Waals surface area (Å²) in [4.78, 5) is 25.1. The number of rotatable bonds is 5. The first kappa shape index (κ1) is 14.7. The zero-order valence-corrected chi connectivity index (χ0v) is 12.3. The van der Waals surface area contributed by atoms with Gasteiger partial charge in [-0.3, -0.25) is 19.8 Å². The van der Waals surface area contributed by atoms with Crippen LogP contribution in [0, 0.1) is 0 Å². The van der Waals surface area contributed by atoms with Crippen LogP contribution in [0.15, 0.2) is 24.3 Å². The molecule has 2 rings (SSSR count). The second-order valence-electron chi connectivity index (χ2n) is 5.22. The van der Waals surface area contributed by atoms with Crippen LogP contribution in [-0.2, 0) is 16.0 Å². The first-order valence-electron chi connectivity index (χ1n) is 7.25. The molecule has 4 nitrogen and oxygen atoms in total. The molecule has 0 bridgehead atoms. The Balaban J connectivity index is 2.02. The van der Waals surface area contributed by atoms with E-state index in [9.17, 15) is 9.59 Å². The topological polar surface area (TPSA) is 49.4 Å². The molecule has 1 fully saturated rings. The van der Waals surface area contributed by atoms with E-state index in [1.54, 1.807) is 0 Å². The van der Waals surface area contributed by atoms with Gasteiger partial charge in [-0.15, -0.1) is 0 Å². The van der Waals surface area contributed by atoms with E-state index in [0.717, 1.165) is 12.0 Å². The number of nitrogens with zero attached hydrogens (tertiary/aromatic N) is 1. The summed E-state index contributed by atoms with van der Waals surface area (Å²) < 4.78 is 0. The van der Waals surface area contributed by atoms with Crippen molar-refractivity contribution in [1.29, 1.82) is 0 Å². The van der Waals surface area contributed by atoms with Crippen molar-refractivity contribution in [2.24, 2.45) is 0 Å². The molecule has 1 saturated heterocycles. The van der Waals surface area contributed by atoms with Gasteiger partial charge in [0.2, 0.25) is 11.8 Å². The van der Waals surface area contributed by atoms with Crippen LogP contribution in [-0.4, -0.2) is 29.3 Å². The van der Waals surface area contributed by atoms with Crippen molar-refractivity contribution < 1.29 is 9.59 Å². The Bertz CT molecular complexity index is 496. The molecule has 0 radical (unpaired) electrons. The third-order valence-corrected chi connectivity index (χ3v) is 3.90. The Hall–Kier alpha value is -1.68. The Labute approximate surface area is 120 Å². The molecule has 108 valence electrons. The maximum absolute atomic E-state index is 12.1. The molecular formula is C16H22N2O2. The average Bonchev–Trinajstić information content (AvgIpc) is 2.73. The second kappa shape index (κ2) is 6.18. The molecule has 1 heterocycles. The molecule has 20 heavy (non-hydrogen) atoms. The molecule has 1 aromatic carbocycles. The van der Waals surface area contributed by atoms with Crippen molar-refractivity contribution in [2.45, 2.75) is 45.7 Å². The number of benzene rings is 1. The summed E-state index contributed by atoms with van der Waals surface area (Å²) >= 11 is 0. The number of carbonyl (C=O) groups is 2. The second-order valence-corrected chi connectivity index (χ2v) is 5.22. The van der Waals surface area contributed by atoms with Crippen molar-refractivity contribution in [3.63, 3.8) is 0 Å². The molecule has 0 saturated carbocycles. The fourth-order valence-corrected chi connectivity index (χ4v) is 2.59. The standard InChI is InChI=1S/C16H22N2O2/c1-4-12-6-8-13(9-7-12)11(3)17-14-10-15(19)18(5-2)16(14)20/h6-9,11,14,17H,4-5,10H2,1-3H3. The largest absolute Gasteiger partial charge is 0.299 e. The lowest BCUT2D eigenvalue weighted by Gasteiger charge is -2.19. The number of likely N-dealkylation sites (tertiary alicyclic amines) is 1. The molecule has 1 aromatic rings. The van der Waals surface area contributed by atoms with Crippen molar-refractivity contribution in [3.05, 3.63) is 35.4 Å². The van der Waals surface area contributed by atoms with Crippen LogP contribution in [0.25, 0.3) is 0 Å². The van der Waals surface area contributed by atoms with Crippen LogP contribution in [0.3, 0.4) is 0 Å². The number of nitrogens with one attached hydrogen (secondary N) is 1. The highest BCUT2D eigenvalue weighted by Crippen LogP contribution is 2.19. The predicted molar refractivity (Wildman–Crippen MR) is 78.2 cm³/mol. The lowest BCUT2D eigenvalue weighted by atomic mass is 10.0. The van der Waals surface area contributed by atoms with Crippen molar-refractivity contribution >= 4 is 11.8 Å². The van der Waals surface area contributed by atoms with Gasteiger partial charge in [0.15, 0.2) is 0 Å². The number of hydrogen-bond acceptors (Lipinski definition) is 3. The van der Waals surface area contributed by atoms with Gasteiger partial charge in [0, 0.05) is 12.6 Å². The van der Waals surface area contributed by atoms with Crippen LogP contribution in [0.2, 0.25) is 0 Å². The van der Waals surface area contributed by atoms with E-state index >= 15 is 0 Å². The summed E-state index contributed by atoms with van der Waals surface area (Å²) in [5.41, 5.74) is 2.43. The highest BCUT2D eigenvalue weighted by Gasteiger charge is 2.37. The van der Waals surface area contributed by atoms with Crippen LogP contribution in [0.1, 0.15) is 44.4 Å². The minimum absolute atomic E-state index is 0.0551. The van der Waals surface area contributed by atoms with Gasteiger partial charge in [0.25, 0.3) is 0 Å². The monoisotopic (exact) mass is 274 g/mol. The number of amides is 2. The van der Waals surface area contributed by atoms with E-state index in [1.165, 1.54) is 10.5 Å². The van der Waals surface area contributed by atoms with E-state index in [2.05, 4.69) is 36.5 Å². The van der Waals surface area contributed by atoms with Crippen LogP contribution in [0.4, 0.5) is 0 Å². The van der Waals surface area contributed by atoms with E-state index < -0.39 is 0 Å². The van der Waals surface area contributed by atoms with Gasteiger partial charge < -0.3 is 0 Å². The maximum Gasteiger partial charge on any atom is 0.246 e. The first-order chi connectivity index (χ1) is 9.56. The van der Waals surface area contributed by atoms with Crippen LogP contribution >= 0.6 is 0 Å². The van der Waals surface area contributed by atoms with Gasteiger partial charge in [0.1, 0.15) is 0 Å². The summed E-state index contributed by atoms with van der Waals surface area (Å²) in [6.07, 6.45) is 1.28. The first-order valence-corrected chi connectivity index (χ1v) is 7.25. The highest BCUT2D eigenvalue weighted by atomic mass is 16.2. The number of carbonyl (C=O) groups excluding carboxylic acids is 2. The normalized spacial score (nSPS) is 20.6. The molecule has 0 aromatic heterocycles. The molecule has 4 heteroatoms. The summed E-state index contributed by atoms with van der Waals surface area (Å²) in [6.45, 7) is 6.42. The molecule has 1 aliphatic rings. The van der Waals surface area contributed by atoms with Gasteiger partial charge >= 0.3 is 0 Å². The maximum atomic E-state index is 12.1. The highest BCUT2D eigenvalue weighted by molar-refractivity contribution is 6.05. The third-order valence-electron chi connectivity index (χ3n) is 3.90. The lowest BCUT2D eigenvalue weighted by Crippen LogP contribution is -2.39. The van der Waals surface area contributed by atoms with Gasteiger partial charge in [-0.05, 0) is 31.4 Å². The van der Waals surface area contributed by atoms with Gasteiger partial charge in [0.05, 0.1) is 12.5 Å². The van der Waals surface area contributed by atoms with Gasteiger partial charge in [-0.25, -0.2) is 0 Å². The SMILES string of the molecule is CCc1ccc(C(C)NC2CC(=O)N(CC)C2=O)cc1. The average molecular weight is 274 g/mol. The zero-order chi connectivity index (χ0) is 14.7. The van der Waals surface area contributed by atoms with Crippen LogP contribution < -0.4 is 5.32 Å². The van der Waals surface area contributed by atoms with E-state index in [4.69, 9.17) is 0 Å². The van der Waals surface area contributed by atoms with Crippen LogP contribution in [0.5, 0.6) is 0 Å². The van der Waals surface area contributed by atoms with Gasteiger partial charge in [-0.2, -0.15) is 0 Å². The predicted octanol–water partition coefficient (Wildman–Crippen LogP) is 2.05. The fraction of sp³-hybridized carbons (Fsp3) is 0.500. The molecule has 2 unspecified atom stereocenters. The van der Waals surface area contributed by atoms with E-state index in [0.29, 0.717) is 6.54 Å². The van der Waals surface area contributed by atoms with Crippen molar-refractivity contribution in [3.8, 4) is 0 Å². The van der Waals surface area contributed by atoms with E-state index in [-0.39, 0.29) is 30.3 Å². The molecule has 2 atom stereocenters. The Morgan fingerprint density at radius 1 is 1.25 bits per heavy atom. The van der Waals surface area contributed by atoms with Crippen molar-refractivity contribution in [1.82, 2.24) is 10.2 Å². The number of imide groups is 1.